The predicted octanol–water partition coefficient (Wildman–Crippen LogP) is 0.903. The molecule has 0 aromatic heterocycles. The topological polar surface area (TPSA) is 39.7 Å². The lowest BCUT2D eigenvalue weighted by Crippen LogP contribution is -2.38. The summed E-state index contributed by atoms with van der Waals surface area (Å²) in [4.78, 5) is 7.09. The Balaban J connectivity index is 1.72. The molecule has 1 atom stereocenters. The van der Waals surface area contributed by atoms with Gasteiger partial charge in [-0.15, -0.1) is 0 Å². The van der Waals surface area contributed by atoms with Gasteiger partial charge in [0.2, 0.25) is 0 Å². The molecule has 1 aliphatic carbocycles. The molecule has 4 heteroatoms. The van der Waals surface area contributed by atoms with Crippen LogP contribution in [0.1, 0.15) is 26.2 Å². The highest BCUT2D eigenvalue weighted by atomic mass is 15.2. The third-order valence-electron chi connectivity index (χ3n) is 3.60. The molecule has 17 heavy (non-hydrogen) atoms. The van der Waals surface area contributed by atoms with E-state index < -0.39 is 0 Å². The number of likely N-dealkylation sites (tertiary alicyclic amines) is 1. The average molecular weight is 238 g/mol. The highest BCUT2D eigenvalue weighted by molar-refractivity contribution is 5.79. The second-order valence-electron chi connectivity index (χ2n) is 5.46. The molecule has 2 aliphatic rings. The van der Waals surface area contributed by atoms with Crippen LogP contribution in [0.25, 0.3) is 0 Å². The molecule has 4 nitrogen and oxygen atoms in total. The zero-order chi connectivity index (χ0) is 12.1. The summed E-state index contributed by atoms with van der Waals surface area (Å²) < 4.78 is 0. The number of nitrogens with one attached hydrogen (secondary N) is 2. The van der Waals surface area contributed by atoms with Gasteiger partial charge in [-0.1, -0.05) is 0 Å². The molecular formula is C13H26N4. The third-order valence-corrected chi connectivity index (χ3v) is 3.60. The van der Waals surface area contributed by atoms with Gasteiger partial charge in [-0.05, 0) is 51.6 Å². The minimum absolute atomic E-state index is 0.747. The standard InChI is InChI=1S/C13H26N4/c1-3-14-13(15-8-11-4-5-11)16-9-12-6-7-17(2)10-12/h11-12H,3-10H2,1-2H3,(H2,14,15,16). The summed E-state index contributed by atoms with van der Waals surface area (Å²) >= 11 is 0. The molecule has 1 saturated heterocycles. The van der Waals surface area contributed by atoms with Gasteiger partial charge in [-0.2, -0.15) is 0 Å². The van der Waals surface area contributed by atoms with Crippen molar-refractivity contribution in [2.24, 2.45) is 16.8 Å². The van der Waals surface area contributed by atoms with Crippen molar-refractivity contribution in [1.82, 2.24) is 15.5 Å². The van der Waals surface area contributed by atoms with Crippen LogP contribution in [0.4, 0.5) is 0 Å². The summed E-state index contributed by atoms with van der Waals surface area (Å²) in [6, 6.07) is 0. The van der Waals surface area contributed by atoms with Gasteiger partial charge < -0.3 is 15.5 Å². The van der Waals surface area contributed by atoms with Crippen molar-refractivity contribution in [3.05, 3.63) is 0 Å². The second-order valence-corrected chi connectivity index (χ2v) is 5.46. The second kappa shape index (κ2) is 6.24. The first-order chi connectivity index (χ1) is 8.28. The maximum atomic E-state index is 4.70. The number of guanidine groups is 1. The van der Waals surface area contributed by atoms with Crippen molar-refractivity contribution in [3.8, 4) is 0 Å². The molecule has 2 rings (SSSR count). The Labute approximate surface area is 105 Å². The Morgan fingerprint density at radius 1 is 1.24 bits per heavy atom. The first-order valence-electron chi connectivity index (χ1n) is 6.98. The SMILES string of the molecule is CCNC(=NCC1CCN(C)C1)NCC1CC1. The van der Waals surface area contributed by atoms with Crippen LogP contribution >= 0.6 is 0 Å². The van der Waals surface area contributed by atoms with Gasteiger partial charge in [0.05, 0.1) is 0 Å². The van der Waals surface area contributed by atoms with Crippen molar-refractivity contribution in [2.45, 2.75) is 26.2 Å². The van der Waals surface area contributed by atoms with Crippen LogP contribution in [0.2, 0.25) is 0 Å². The molecule has 0 bridgehead atoms. The lowest BCUT2D eigenvalue weighted by Gasteiger charge is -2.12. The summed E-state index contributed by atoms with van der Waals surface area (Å²) in [5.74, 6) is 2.65. The monoisotopic (exact) mass is 238 g/mol. The number of hydrogen-bond acceptors (Lipinski definition) is 2. The number of aliphatic imine (C=N–C) groups is 1. The van der Waals surface area contributed by atoms with E-state index in [2.05, 4.69) is 29.5 Å². The van der Waals surface area contributed by atoms with E-state index in [1.165, 1.54) is 32.4 Å². The maximum absolute atomic E-state index is 4.70. The summed E-state index contributed by atoms with van der Waals surface area (Å²) in [6.45, 7) is 7.55. The molecule has 0 spiro atoms. The Kier molecular flexibility index (Phi) is 4.66. The van der Waals surface area contributed by atoms with Gasteiger partial charge in [0.1, 0.15) is 0 Å². The highest BCUT2D eigenvalue weighted by Crippen LogP contribution is 2.27. The van der Waals surface area contributed by atoms with Crippen LogP contribution in [0.15, 0.2) is 4.99 Å². The summed E-state index contributed by atoms with van der Waals surface area (Å²) in [5, 5.41) is 6.77. The van der Waals surface area contributed by atoms with E-state index in [0.29, 0.717) is 0 Å². The number of rotatable bonds is 5. The molecule has 0 amide bonds. The fourth-order valence-electron chi connectivity index (χ4n) is 2.30. The molecule has 1 aliphatic heterocycles. The maximum Gasteiger partial charge on any atom is 0.191 e. The summed E-state index contributed by atoms with van der Waals surface area (Å²) in [7, 11) is 2.19. The van der Waals surface area contributed by atoms with Crippen molar-refractivity contribution < 1.29 is 0 Å². The molecule has 2 N–H and O–H groups in total. The summed E-state index contributed by atoms with van der Waals surface area (Å²) in [5.41, 5.74) is 0. The van der Waals surface area contributed by atoms with E-state index in [1.807, 2.05) is 0 Å². The number of nitrogens with zero attached hydrogens (tertiary/aromatic N) is 2. The Hall–Kier alpha value is -0.770. The van der Waals surface area contributed by atoms with Gasteiger partial charge in [-0.25, -0.2) is 0 Å². The zero-order valence-electron chi connectivity index (χ0n) is 11.2. The Morgan fingerprint density at radius 3 is 2.65 bits per heavy atom. The predicted molar refractivity (Wildman–Crippen MR) is 72.3 cm³/mol. The van der Waals surface area contributed by atoms with Gasteiger partial charge >= 0.3 is 0 Å². The lowest BCUT2D eigenvalue weighted by molar-refractivity contribution is 0.397. The molecule has 98 valence electrons. The molecular weight excluding hydrogens is 212 g/mol. The van der Waals surface area contributed by atoms with Crippen molar-refractivity contribution in [3.63, 3.8) is 0 Å². The van der Waals surface area contributed by atoms with Crippen molar-refractivity contribution in [2.75, 3.05) is 39.8 Å². The molecule has 1 heterocycles. The van der Waals surface area contributed by atoms with E-state index in [-0.39, 0.29) is 0 Å². The highest BCUT2D eigenvalue weighted by Gasteiger charge is 2.21. The van der Waals surface area contributed by atoms with Crippen LogP contribution in [-0.2, 0) is 0 Å². The van der Waals surface area contributed by atoms with Crippen LogP contribution in [0, 0.1) is 11.8 Å². The van der Waals surface area contributed by atoms with Crippen molar-refractivity contribution in [1.29, 1.82) is 0 Å². The van der Waals surface area contributed by atoms with E-state index in [4.69, 9.17) is 4.99 Å². The minimum atomic E-state index is 0.747. The summed E-state index contributed by atoms with van der Waals surface area (Å²) in [6.07, 6.45) is 4.07. The fourth-order valence-corrected chi connectivity index (χ4v) is 2.30. The van der Waals surface area contributed by atoms with E-state index >= 15 is 0 Å². The fraction of sp³-hybridized carbons (Fsp3) is 0.923. The smallest absolute Gasteiger partial charge is 0.191 e. The van der Waals surface area contributed by atoms with Crippen LogP contribution in [-0.4, -0.2) is 50.6 Å². The molecule has 1 saturated carbocycles. The van der Waals surface area contributed by atoms with Crippen LogP contribution in [0.3, 0.4) is 0 Å². The molecule has 0 radical (unpaired) electrons. The third kappa shape index (κ3) is 4.54. The first kappa shape index (κ1) is 12.7. The van der Waals surface area contributed by atoms with Crippen LogP contribution < -0.4 is 10.6 Å². The van der Waals surface area contributed by atoms with E-state index in [9.17, 15) is 0 Å². The molecule has 2 fully saturated rings. The Morgan fingerprint density at radius 2 is 2.06 bits per heavy atom. The molecule has 0 aromatic rings. The average Bonchev–Trinajstić information content (AvgIpc) is 3.05. The van der Waals surface area contributed by atoms with Gasteiger partial charge in [0, 0.05) is 26.2 Å². The normalized spacial score (nSPS) is 26.2. The zero-order valence-corrected chi connectivity index (χ0v) is 11.2. The van der Waals surface area contributed by atoms with Gasteiger partial charge in [0.15, 0.2) is 5.96 Å². The first-order valence-corrected chi connectivity index (χ1v) is 6.98. The quantitative estimate of drug-likeness (QED) is 0.552. The molecule has 1 unspecified atom stereocenters. The van der Waals surface area contributed by atoms with Crippen molar-refractivity contribution >= 4 is 5.96 Å². The van der Waals surface area contributed by atoms with Crippen LogP contribution in [0.5, 0.6) is 0 Å². The molecule has 0 aromatic carbocycles. The number of hydrogen-bond donors (Lipinski definition) is 2. The van der Waals surface area contributed by atoms with E-state index in [1.54, 1.807) is 0 Å². The van der Waals surface area contributed by atoms with Gasteiger partial charge in [0.25, 0.3) is 0 Å². The lowest BCUT2D eigenvalue weighted by atomic mass is 10.1. The van der Waals surface area contributed by atoms with E-state index in [0.717, 1.165) is 37.4 Å². The minimum Gasteiger partial charge on any atom is -0.357 e. The Bertz CT molecular complexity index is 260. The largest absolute Gasteiger partial charge is 0.357 e. The van der Waals surface area contributed by atoms with Gasteiger partial charge in [-0.3, -0.25) is 4.99 Å².